The largest absolute Gasteiger partial charge is 0.484 e. The van der Waals surface area contributed by atoms with Crippen molar-refractivity contribution in [3.05, 3.63) is 77.3 Å². The standard InChI is InChI=1S/C29H28ClFN6O4/c1-40-17-12-32-29(39)27-34-24-11-10-23(19-2-6-21(31)7-3-19)33-26(24)28(35-27)37-15-13-36(14-16-37)25(38)18-41-22-8-4-20(30)5-9-22/h2-11H,12-18H2,1H3,(H,32,39). The Bertz CT molecular complexity index is 1530. The van der Waals surface area contributed by atoms with Crippen LogP contribution in [0.3, 0.4) is 0 Å². The number of carbonyl (C=O) groups is 2. The summed E-state index contributed by atoms with van der Waals surface area (Å²) >= 11 is 5.91. The SMILES string of the molecule is COCCNC(=O)c1nc(N2CCN(C(=O)COc3ccc(Cl)cc3)CC2)c2nc(-c3ccc(F)cc3)ccc2n1. The normalized spacial score (nSPS) is 13.3. The van der Waals surface area contributed by atoms with Gasteiger partial charge in [-0.1, -0.05) is 11.6 Å². The van der Waals surface area contributed by atoms with Gasteiger partial charge in [0.25, 0.3) is 11.8 Å². The molecule has 212 valence electrons. The Morgan fingerprint density at radius 1 is 0.951 bits per heavy atom. The highest BCUT2D eigenvalue weighted by Gasteiger charge is 2.26. The number of anilines is 1. The van der Waals surface area contributed by atoms with Crippen molar-refractivity contribution in [2.24, 2.45) is 0 Å². The van der Waals surface area contributed by atoms with E-state index in [4.69, 9.17) is 26.1 Å². The average Bonchev–Trinajstić information content (AvgIpc) is 3.00. The highest BCUT2D eigenvalue weighted by atomic mass is 35.5. The highest BCUT2D eigenvalue weighted by molar-refractivity contribution is 6.30. The molecule has 1 aliphatic rings. The molecule has 2 aromatic carbocycles. The highest BCUT2D eigenvalue weighted by Crippen LogP contribution is 2.27. The van der Waals surface area contributed by atoms with E-state index in [2.05, 4.69) is 15.3 Å². The van der Waals surface area contributed by atoms with E-state index in [1.54, 1.807) is 60.5 Å². The number of benzene rings is 2. The molecule has 5 rings (SSSR count). The maximum atomic E-state index is 13.5. The van der Waals surface area contributed by atoms with Crippen molar-refractivity contribution in [2.45, 2.75) is 0 Å². The predicted molar refractivity (Wildman–Crippen MR) is 153 cm³/mol. The number of nitrogens with one attached hydrogen (secondary N) is 1. The van der Waals surface area contributed by atoms with Gasteiger partial charge >= 0.3 is 0 Å². The molecule has 1 aliphatic heterocycles. The molecule has 4 aromatic rings. The van der Waals surface area contributed by atoms with Crippen molar-refractivity contribution in [1.82, 2.24) is 25.2 Å². The van der Waals surface area contributed by atoms with Gasteiger partial charge in [0.2, 0.25) is 5.82 Å². The van der Waals surface area contributed by atoms with E-state index in [0.717, 1.165) is 5.56 Å². The van der Waals surface area contributed by atoms with Crippen LogP contribution in [0.1, 0.15) is 10.6 Å². The lowest BCUT2D eigenvalue weighted by molar-refractivity contribution is -0.133. The number of pyridine rings is 1. The fourth-order valence-electron chi connectivity index (χ4n) is 4.38. The molecular weight excluding hydrogens is 551 g/mol. The molecule has 0 aliphatic carbocycles. The number of aromatic nitrogens is 3. The third-order valence-corrected chi connectivity index (χ3v) is 6.82. The summed E-state index contributed by atoms with van der Waals surface area (Å²) in [6, 6.07) is 16.4. The van der Waals surface area contributed by atoms with Crippen LogP contribution < -0.4 is 15.0 Å². The number of nitrogens with zero attached hydrogens (tertiary/aromatic N) is 5. The number of hydrogen-bond donors (Lipinski definition) is 1. The topological polar surface area (TPSA) is 110 Å². The molecule has 41 heavy (non-hydrogen) atoms. The van der Waals surface area contributed by atoms with E-state index in [1.165, 1.54) is 12.1 Å². The zero-order valence-electron chi connectivity index (χ0n) is 22.3. The van der Waals surface area contributed by atoms with Crippen molar-refractivity contribution in [3.8, 4) is 17.0 Å². The first kappa shape index (κ1) is 28.2. The summed E-state index contributed by atoms with van der Waals surface area (Å²) in [7, 11) is 1.55. The Hall–Kier alpha value is -4.35. The number of rotatable bonds is 9. The van der Waals surface area contributed by atoms with Gasteiger partial charge in [0.05, 0.1) is 17.8 Å². The average molecular weight is 579 g/mol. The Morgan fingerprint density at radius 2 is 1.68 bits per heavy atom. The molecule has 0 radical (unpaired) electrons. The smallest absolute Gasteiger partial charge is 0.289 e. The predicted octanol–water partition coefficient (Wildman–Crippen LogP) is 3.59. The maximum Gasteiger partial charge on any atom is 0.289 e. The molecule has 0 saturated carbocycles. The van der Waals surface area contributed by atoms with Crippen molar-refractivity contribution < 1.29 is 23.5 Å². The van der Waals surface area contributed by atoms with Crippen LogP contribution in [0.15, 0.2) is 60.7 Å². The minimum atomic E-state index is -0.430. The Balaban J connectivity index is 1.36. The molecule has 10 nitrogen and oxygen atoms in total. The van der Waals surface area contributed by atoms with Crippen LogP contribution in [-0.4, -0.2) is 84.7 Å². The zero-order chi connectivity index (χ0) is 28.8. The summed E-state index contributed by atoms with van der Waals surface area (Å²) in [6.07, 6.45) is 0. The van der Waals surface area contributed by atoms with Crippen LogP contribution >= 0.6 is 11.6 Å². The fraction of sp³-hybridized carbons (Fsp3) is 0.276. The molecule has 0 spiro atoms. The van der Waals surface area contributed by atoms with Gasteiger partial charge in [-0.2, -0.15) is 0 Å². The summed E-state index contributed by atoms with van der Waals surface area (Å²) in [6.45, 7) is 2.37. The van der Waals surface area contributed by atoms with Gasteiger partial charge < -0.3 is 24.6 Å². The van der Waals surface area contributed by atoms with Gasteiger partial charge in [-0.3, -0.25) is 9.59 Å². The number of halogens is 2. The van der Waals surface area contributed by atoms with Gasteiger partial charge in [0, 0.05) is 50.4 Å². The maximum absolute atomic E-state index is 13.5. The molecule has 2 amide bonds. The number of amides is 2. The minimum absolute atomic E-state index is 0.00908. The molecule has 0 unspecified atom stereocenters. The quantitative estimate of drug-likeness (QED) is 0.300. The number of methoxy groups -OCH3 is 1. The molecule has 0 bridgehead atoms. The minimum Gasteiger partial charge on any atom is -0.484 e. The van der Waals surface area contributed by atoms with E-state index >= 15 is 0 Å². The fourth-order valence-corrected chi connectivity index (χ4v) is 4.51. The second kappa shape index (κ2) is 12.9. The first-order valence-corrected chi connectivity index (χ1v) is 13.4. The van der Waals surface area contributed by atoms with Crippen molar-refractivity contribution >= 4 is 40.3 Å². The monoisotopic (exact) mass is 578 g/mol. The van der Waals surface area contributed by atoms with Crippen LogP contribution in [0.2, 0.25) is 5.02 Å². The lowest BCUT2D eigenvalue weighted by Crippen LogP contribution is -2.50. The number of ether oxygens (including phenoxy) is 2. The lowest BCUT2D eigenvalue weighted by Gasteiger charge is -2.35. The van der Waals surface area contributed by atoms with Gasteiger partial charge in [-0.15, -0.1) is 0 Å². The van der Waals surface area contributed by atoms with Crippen LogP contribution in [0.5, 0.6) is 5.75 Å². The van der Waals surface area contributed by atoms with E-state index in [0.29, 0.717) is 72.6 Å². The third-order valence-electron chi connectivity index (χ3n) is 6.57. The molecular formula is C29H28ClFN6O4. The number of piperazine rings is 1. The molecule has 2 aromatic heterocycles. The molecule has 1 saturated heterocycles. The first-order valence-electron chi connectivity index (χ1n) is 13.0. The lowest BCUT2D eigenvalue weighted by atomic mass is 10.1. The van der Waals surface area contributed by atoms with Crippen molar-refractivity contribution in [1.29, 1.82) is 0 Å². The van der Waals surface area contributed by atoms with E-state index in [-0.39, 0.29) is 24.2 Å². The van der Waals surface area contributed by atoms with Gasteiger partial charge in [0.1, 0.15) is 17.1 Å². The molecule has 12 heteroatoms. The molecule has 1 N–H and O–H groups in total. The van der Waals surface area contributed by atoms with Gasteiger partial charge in [0.15, 0.2) is 12.4 Å². The second-order valence-corrected chi connectivity index (χ2v) is 9.74. The van der Waals surface area contributed by atoms with Crippen LogP contribution in [0, 0.1) is 5.82 Å². The number of fused-ring (bicyclic) bond motifs is 1. The van der Waals surface area contributed by atoms with Crippen LogP contribution in [0.4, 0.5) is 10.2 Å². The zero-order valence-corrected chi connectivity index (χ0v) is 23.1. The summed E-state index contributed by atoms with van der Waals surface area (Å²) in [5, 5.41) is 3.34. The van der Waals surface area contributed by atoms with E-state index < -0.39 is 5.91 Å². The first-order chi connectivity index (χ1) is 19.9. The third kappa shape index (κ3) is 6.87. The Morgan fingerprint density at radius 3 is 2.39 bits per heavy atom. The molecule has 1 fully saturated rings. The molecule has 3 heterocycles. The van der Waals surface area contributed by atoms with Gasteiger partial charge in [-0.05, 0) is 60.7 Å². The number of carbonyl (C=O) groups excluding carboxylic acids is 2. The van der Waals surface area contributed by atoms with Gasteiger partial charge in [-0.25, -0.2) is 19.3 Å². The molecule has 0 atom stereocenters. The summed E-state index contributed by atoms with van der Waals surface area (Å²) < 4.78 is 24.1. The van der Waals surface area contributed by atoms with Crippen LogP contribution in [-0.2, 0) is 9.53 Å². The van der Waals surface area contributed by atoms with Crippen molar-refractivity contribution in [3.63, 3.8) is 0 Å². The number of hydrogen-bond acceptors (Lipinski definition) is 8. The van der Waals surface area contributed by atoms with Crippen LogP contribution in [0.25, 0.3) is 22.3 Å². The summed E-state index contributed by atoms with van der Waals surface area (Å²) in [5.41, 5.74) is 2.35. The Labute approximate surface area is 241 Å². The van der Waals surface area contributed by atoms with Crippen molar-refractivity contribution in [2.75, 3.05) is 57.9 Å². The van der Waals surface area contributed by atoms with E-state index in [9.17, 15) is 14.0 Å². The Kier molecular flexibility index (Phi) is 8.85. The van der Waals surface area contributed by atoms with E-state index in [1.807, 2.05) is 4.90 Å². The summed E-state index contributed by atoms with van der Waals surface area (Å²) in [4.78, 5) is 43.2. The second-order valence-electron chi connectivity index (χ2n) is 9.30. The summed E-state index contributed by atoms with van der Waals surface area (Å²) in [5.74, 6) is 0.153.